The number of hydrogen-bond donors (Lipinski definition) is 1. The minimum Gasteiger partial charge on any atom is -0.483 e. The molecule has 1 fully saturated rings. The van der Waals surface area contributed by atoms with E-state index in [1.807, 2.05) is 6.07 Å². The molecule has 1 aromatic carbocycles. The predicted molar refractivity (Wildman–Crippen MR) is 56.7 cm³/mol. The number of ether oxygens (including phenoxy) is 1. The zero-order chi connectivity index (χ0) is 10.3. The van der Waals surface area contributed by atoms with Crippen molar-refractivity contribution in [3.05, 3.63) is 24.0 Å². The highest BCUT2D eigenvalue weighted by Gasteiger charge is 2.32. The summed E-state index contributed by atoms with van der Waals surface area (Å²) in [6, 6.07) is 5.41. The molecule has 0 radical (unpaired) electrons. The van der Waals surface area contributed by atoms with Crippen molar-refractivity contribution in [3.63, 3.8) is 0 Å². The second-order valence-corrected chi connectivity index (χ2v) is 4.31. The van der Waals surface area contributed by atoms with Crippen LogP contribution in [0.15, 0.2) is 18.2 Å². The lowest BCUT2D eigenvalue weighted by atomic mass is 9.91. The molecule has 1 heterocycles. The Bertz CT molecular complexity index is 380. The molecule has 2 atom stereocenters. The summed E-state index contributed by atoms with van der Waals surface area (Å²) in [4.78, 5) is 0. The molecular weight excluding hydrogens is 193 g/mol. The maximum absolute atomic E-state index is 13.5. The number of anilines is 1. The van der Waals surface area contributed by atoms with Crippen molar-refractivity contribution < 1.29 is 9.13 Å². The molecule has 0 amide bonds. The molecule has 0 bridgehead atoms. The third-order valence-electron chi connectivity index (χ3n) is 3.28. The van der Waals surface area contributed by atoms with Gasteiger partial charge >= 0.3 is 0 Å². The number of halogens is 1. The van der Waals surface area contributed by atoms with Crippen LogP contribution in [0, 0.1) is 5.82 Å². The molecule has 2 unspecified atom stereocenters. The minimum absolute atomic E-state index is 0.156. The van der Waals surface area contributed by atoms with Crippen LogP contribution in [-0.4, -0.2) is 12.1 Å². The van der Waals surface area contributed by atoms with Gasteiger partial charge in [0.05, 0.1) is 11.7 Å². The van der Waals surface area contributed by atoms with Crippen LogP contribution in [0.3, 0.4) is 0 Å². The summed E-state index contributed by atoms with van der Waals surface area (Å²) in [5.74, 6) is 0.143. The maximum Gasteiger partial charge on any atom is 0.178 e. The summed E-state index contributed by atoms with van der Waals surface area (Å²) in [6.07, 6.45) is 4.74. The van der Waals surface area contributed by atoms with Gasteiger partial charge in [0.15, 0.2) is 11.6 Å². The summed E-state index contributed by atoms with van der Waals surface area (Å²) in [5, 5.41) is 3.37. The van der Waals surface area contributed by atoms with E-state index in [-0.39, 0.29) is 11.9 Å². The summed E-state index contributed by atoms with van der Waals surface area (Å²) >= 11 is 0. The summed E-state index contributed by atoms with van der Waals surface area (Å²) in [6.45, 7) is 0. The topological polar surface area (TPSA) is 21.3 Å². The highest BCUT2D eigenvalue weighted by molar-refractivity contribution is 5.59. The smallest absolute Gasteiger partial charge is 0.178 e. The van der Waals surface area contributed by atoms with Gasteiger partial charge in [0.1, 0.15) is 6.10 Å². The monoisotopic (exact) mass is 207 g/mol. The summed E-state index contributed by atoms with van der Waals surface area (Å²) in [7, 11) is 0. The van der Waals surface area contributed by atoms with Gasteiger partial charge in [-0.3, -0.25) is 0 Å². The molecule has 2 aliphatic rings. The largest absolute Gasteiger partial charge is 0.483 e. The van der Waals surface area contributed by atoms with Crippen LogP contribution in [0.4, 0.5) is 10.1 Å². The van der Waals surface area contributed by atoms with Gasteiger partial charge < -0.3 is 10.1 Å². The third-order valence-corrected chi connectivity index (χ3v) is 3.28. The first-order valence-corrected chi connectivity index (χ1v) is 5.56. The van der Waals surface area contributed by atoms with Crippen LogP contribution in [0.5, 0.6) is 5.75 Å². The van der Waals surface area contributed by atoms with Crippen LogP contribution >= 0.6 is 0 Å². The number of hydrogen-bond acceptors (Lipinski definition) is 2. The Morgan fingerprint density at radius 2 is 2.13 bits per heavy atom. The SMILES string of the molecule is Fc1cccc2c1OC1CCCCC1N2. The van der Waals surface area contributed by atoms with Gasteiger partial charge in [-0.25, -0.2) is 4.39 Å². The lowest BCUT2D eigenvalue weighted by Gasteiger charge is -2.38. The van der Waals surface area contributed by atoms with Crippen LogP contribution in [0.2, 0.25) is 0 Å². The van der Waals surface area contributed by atoms with Crippen LogP contribution in [0.1, 0.15) is 25.7 Å². The molecule has 0 saturated heterocycles. The molecule has 3 heteroatoms. The highest BCUT2D eigenvalue weighted by atomic mass is 19.1. The number of rotatable bonds is 0. The first-order chi connectivity index (χ1) is 7.34. The second kappa shape index (κ2) is 3.40. The Morgan fingerprint density at radius 1 is 1.27 bits per heavy atom. The predicted octanol–water partition coefficient (Wildman–Crippen LogP) is 2.94. The van der Waals surface area contributed by atoms with E-state index in [2.05, 4.69) is 5.32 Å². The molecule has 15 heavy (non-hydrogen) atoms. The number of para-hydroxylation sites is 1. The first-order valence-electron chi connectivity index (χ1n) is 5.56. The minimum atomic E-state index is -0.260. The van der Waals surface area contributed by atoms with Crippen molar-refractivity contribution in [2.45, 2.75) is 37.8 Å². The standard InChI is InChI=1S/C12H14FNO/c13-8-4-3-6-10-12(8)15-11-7-2-1-5-9(11)14-10/h3-4,6,9,11,14H,1-2,5,7H2. The van der Waals surface area contributed by atoms with Gasteiger partial charge in [-0.2, -0.15) is 0 Å². The van der Waals surface area contributed by atoms with Crippen molar-refractivity contribution >= 4 is 5.69 Å². The molecule has 1 aliphatic carbocycles. The molecule has 1 aliphatic heterocycles. The normalized spacial score (nSPS) is 28.3. The number of fused-ring (bicyclic) bond motifs is 2. The molecule has 2 nitrogen and oxygen atoms in total. The van der Waals surface area contributed by atoms with Crippen molar-refractivity contribution in [1.82, 2.24) is 0 Å². The molecular formula is C12H14FNO. The van der Waals surface area contributed by atoms with Crippen molar-refractivity contribution in [2.75, 3.05) is 5.32 Å². The van der Waals surface area contributed by atoms with E-state index in [9.17, 15) is 4.39 Å². The van der Waals surface area contributed by atoms with E-state index >= 15 is 0 Å². The quantitative estimate of drug-likeness (QED) is 0.706. The Morgan fingerprint density at radius 3 is 3.07 bits per heavy atom. The average molecular weight is 207 g/mol. The lowest BCUT2D eigenvalue weighted by molar-refractivity contribution is 0.125. The van der Waals surface area contributed by atoms with E-state index in [0.29, 0.717) is 11.8 Å². The van der Waals surface area contributed by atoms with E-state index in [1.165, 1.54) is 18.9 Å². The van der Waals surface area contributed by atoms with E-state index in [4.69, 9.17) is 4.74 Å². The van der Waals surface area contributed by atoms with Crippen molar-refractivity contribution in [1.29, 1.82) is 0 Å². The van der Waals surface area contributed by atoms with Gasteiger partial charge in [-0.1, -0.05) is 12.5 Å². The first kappa shape index (κ1) is 9.01. The van der Waals surface area contributed by atoms with Crippen molar-refractivity contribution in [2.24, 2.45) is 0 Å². The Balaban J connectivity index is 1.95. The average Bonchev–Trinajstić information content (AvgIpc) is 2.27. The third kappa shape index (κ3) is 1.46. The van der Waals surface area contributed by atoms with E-state index in [1.54, 1.807) is 6.07 Å². The zero-order valence-electron chi connectivity index (χ0n) is 8.50. The lowest BCUT2D eigenvalue weighted by Crippen LogP contribution is -2.43. The van der Waals surface area contributed by atoms with Crippen LogP contribution in [0.25, 0.3) is 0 Å². The maximum atomic E-state index is 13.5. The van der Waals surface area contributed by atoms with Gasteiger partial charge in [0, 0.05) is 0 Å². The zero-order valence-corrected chi connectivity index (χ0v) is 8.50. The molecule has 0 aromatic heterocycles. The molecule has 80 valence electrons. The van der Waals surface area contributed by atoms with Gasteiger partial charge in [-0.15, -0.1) is 0 Å². The summed E-state index contributed by atoms with van der Waals surface area (Å²) < 4.78 is 19.2. The van der Waals surface area contributed by atoms with E-state index in [0.717, 1.165) is 18.5 Å². The molecule has 0 spiro atoms. The van der Waals surface area contributed by atoms with Crippen LogP contribution in [-0.2, 0) is 0 Å². The van der Waals surface area contributed by atoms with Crippen molar-refractivity contribution in [3.8, 4) is 5.75 Å². The fourth-order valence-corrected chi connectivity index (χ4v) is 2.50. The highest BCUT2D eigenvalue weighted by Crippen LogP contribution is 2.37. The molecule has 1 N–H and O–H groups in total. The summed E-state index contributed by atoms with van der Waals surface area (Å²) in [5.41, 5.74) is 0.804. The van der Waals surface area contributed by atoms with E-state index < -0.39 is 0 Å². The van der Waals surface area contributed by atoms with Gasteiger partial charge in [-0.05, 0) is 31.4 Å². The fourth-order valence-electron chi connectivity index (χ4n) is 2.50. The number of nitrogens with one attached hydrogen (secondary N) is 1. The van der Waals surface area contributed by atoms with Gasteiger partial charge in [0.2, 0.25) is 0 Å². The molecule has 3 rings (SSSR count). The molecule has 1 aromatic rings. The van der Waals surface area contributed by atoms with Gasteiger partial charge in [0.25, 0.3) is 0 Å². The Labute approximate surface area is 88.4 Å². The van der Waals surface area contributed by atoms with Crippen LogP contribution < -0.4 is 10.1 Å². The molecule has 1 saturated carbocycles. The Hall–Kier alpha value is -1.25. The second-order valence-electron chi connectivity index (χ2n) is 4.31. The Kier molecular flexibility index (Phi) is 2.04. The number of benzene rings is 1. The fraction of sp³-hybridized carbons (Fsp3) is 0.500.